The second-order valence-electron chi connectivity index (χ2n) is 6.85. The van der Waals surface area contributed by atoms with Crippen LogP contribution in [0.1, 0.15) is 44.3 Å². The molecule has 0 N–H and O–H groups in total. The maximum atomic E-state index is 11.2. The lowest BCUT2D eigenvalue weighted by Crippen LogP contribution is -2.34. The van der Waals surface area contributed by atoms with E-state index in [4.69, 9.17) is 4.52 Å². The average Bonchev–Trinajstić information content (AvgIpc) is 3.06. The highest BCUT2D eigenvalue weighted by Gasteiger charge is 2.26. The molecule has 8 heteroatoms. The van der Waals surface area contributed by atoms with Gasteiger partial charge in [-0.15, -0.1) is 0 Å². The molecule has 0 radical (unpaired) electrons. The third kappa shape index (κ3) is 5.86. The van der Waals surface area contributed by atoms with E-state index >= 15 is 0 Å². The zero-order valence-electron chi connectivity index (χ0n) is 14.5. The maximum absolute atomic E-state index is 11.2. The third-order valence-electron chi connectivity index (χ3n) is 4.23. The fourth-order valence-electron chi connectivity index (χ4n) is 2.84. The summed E-state index contributed by atoms with van der Waals surface area (Å²) in [7, 11) is -0.776. The first-order valence-corrected chi connectivity index (χ1v) is 10.2. The molecule has 0 amide bonds. The Kier molecular flexibility index (Phi) is 6.16. The Bertz CT molecular complexity index is 600. The number of aromatic nitrogens is 2. The Hall–Kier alpha value is -0.990. The maximum Gasteiger partial charge on any atom is 0.229 e. The van der Waals surface area contributed by atoms with Crippen LogP contribution in [-0.4, -0.2) is 73.1 Å². The monoisotopic (exact) mass is 344 g/mol. The largest absolute Gasteiger partial charge is 0.339 e. The summed E-state index contributed by atoms with van der Waals surface area (Å²) in [5, 5.41) is 4.04. The highest BCUT2D eigenvalue weighted by molar-refractivity contribution is 7.90. The second kappa shape index (κ2) is 7.72. The van der Waals surface area contributed by atoms with Crippen molar-refractivity contribution >= 4 is 9.84 Å². The zero-order valence-corrected chi connectivity index (χ0v) is 15.3. The number of hydrogen-bond donors (Lipinski definition) is 0. The van der Waals surface area contributed by atoms with Gasteiger partial charge in [-0.25, -0.2) is 8.42 Å². The number of likely N-dealkylation sites (N-methyl/N-ethyl adjacent to an activating group) is 1. The summed E-state index contributed by atoms with van der Waals surface area (Å²) in [4.78, 5) is 9.01. The molecule has 1 saturated heterocycles. The number of likely N-dealkylation sites (tertiary alicyclic amines) is 1. The molecule has 2 rings (SSSR count). The molecule has 0 bridgehead atoms. The van der Waals surface area contributed by atoms with Gasteiger partial charge < -0.3 is 9.42 Å². The summed E-state index contributed by atoms with van der Waals surface area (Å²) in [5.41, 5.74) is 0. The summed E-state index contributed by atoms with van der Waals surface area (Å²) in [6.07, 6.45) is 3.09. The van der Waals surface area contributed by atoms with Crippen molar-refractivity contribution in [1.82, 2.24) is 19.9 Å². The van der Waals surface area contributed by atoms with E-state index in [-0.39, 0.29) is 11.7 Å². The van der Waals surface area contributed by atoms with Crippen molar-refractivity contribution in [2.45, 2.75) is 45.2 Å². The molecule has 1 aromatic rings. The highest BCUT2D eigenvalue weighted by Crippen LogP contribution is 2.17. The Morgan fingerprint density at radius 1 is 1.43 bits per heavy atom. The Morgan fingerprint density at radius 3 is 2.78 bits per heavy atom. The summed E-state index contributed by atoms with van der Waals surface area (Å²) < 4.78 is 27.6. The van der Waals surface area contributed by atoms with Crippen LogP contribution < -0.4 is 0 Å². The van der Waals surface area contributed by atoms with Crippen LogP contribution in [0.4, 0.5) is 0 Å². The van der Waals surface area contributed by atoms with Crippen molar-refractivity contribution in [3.63, 3.8) is 0 Å². The van der Waals surface area contributed by atoms with Crippen molar-refractivity contribution in [3.05, 3.63) is 11.7 Å². The number of sulfone groups is 1. The molecule has 0 saturated carbocycles. The molecular formula is C15H28N4O3S. The minimum absolute atomic E-state index is 0.248. The first-order valence-electron chi connectivity index (χ1n) is 8.17. The van der Waals surface area contributed by atoms with Gasteiger partial charge in [-0.1, -0.05) is 19.0 Å². The van der Waals surface area contributed by atoms with E-state index in [0.29, 0.717) is 24.9 Å². The standard InChI is InChI=1S/C15H28N4O3S/c1-12(2)15-16-14(17-22-15)11-18(3)13-6-8-19(10-13)7-5-9-23(4,20)21/h12-13H,5-11H2,1-4H3/t13-/m1/s1. The van der Waals surface area contributed by atoms with Gasteiger partial charge in [0, 0.05) is 24.8 Å². The normalized spacial score (nSPS) is 20.0. The van der Waals surface area contributed by atoms with Gasteiger partial charge in [0.15, 0.2) is 5.82 Å². The molecule has 23 heavy (non-hydrogen) atoms. The molecule has 1 atom stereocenters. The van der Waals surface area contributed by atoms with Gasteiger partial charge in [0.05, 0.1) is 12.3 Å². The molecule has 0 aromatic carbocycles. The third-order valence-corrected chi connectivity index (χ3v) is 5.26. The van der Waals surface area contributed by atoms with Crippen LogP contribution in [0.15, 0.2) is 4.52 Å². The predicted octanol–water partition coefficient (Wildman–Crippen LogP) is 1.13. The minimum atomic E-state index is -2.86. The molecule has 1 aliphatic rings. The highest BCUT2D eigenvalue weighted by atomic mass is 32.2. The fourth-order valence-corrected chi connectivity index (χ4v) is 3.50. The van der Waals surface area contributed by atoms with Gasteiger partial charge in [-0.05, 0) is 33.0 Å². The molecule has 1 fully saturated rings. The molecular weight excluding hydrogens is 316 g/mol. The minimum Gasteiger partial charge on any atom is -0.339 e. The summed E-state index contributed by atoms with van der Waals surface area (Å²) in [6, 6.07) is 0.453. The van der Waals surface area contributed by atoms with Crippen LogP contribution >= 0.6 is 0 Å². The van der Waals surface area contributed by atoms with Gasteiger partial charge in [0.1, 0.15) is 9.84 Å². The predicted molar refractivity (Wildman–Crippen MR) is 89.0 cm³/mol. The lowest BCUT2D eigenvalue weighted by molar-refractivity contribution is 0.218. The van der Waals surface area contributed by atoms with Crippen molar-refractivity contribution in [2.75, 3.05) is 38.7 Å². The Labute approximate surface area is 138 Å². The lowest BCUT2D eigenvalue weighted by atomic mass is 10.2. The van der Waals surface area contributed by atoms with Crippen LogP contribution in [0.25, 0.3) is 0 Å². The Balaban J connectivity index is 1.76. The quantitative estimate of drug-likeness (QED) is 0.699. The number of nitrogens with zero attached hydrogens (tertiary/aromatic N) is 4. The topological polar surface area (TPSA) is 79.5 Å². The van der Waals surface area contributed by atoms with E-state index < -0.39 is 9.84 Å². The average molecular weight is 344 g/mol. The van der Waals surface area contributed by atoms with Gasteiger partial charge in [-0.2, -0.15) is 4.98 Å². The molecule has 7 nitrogen and oxygen atoms in total. The van der Waals surface area contributed by atoms with Crippen LogP contribution in [0.2, 0.25) is 0 Å². The smallest absolute Gasteiger partial charge is 0.229 e. The van der Waals surface area contributed by atoms with Gasteiger partial charge in [0.25, 0.3) is 0 Å². The summed E-state index contributed by atoms with van der Waals surface area (Å²) >= 11 is 0. The van der Waals surface area contributed by atoms with E-state index in [1.165, 1.54) is 6.26 Å². The molecule has 0 aliphatic carbocycles. The van der Waals surface area contributed by atoms with Crippen molar-refractivity contribution in [1.29, 1.82) is 0 Å². The van der Waals surface area contributed by atoms with Gasteiger partial charge >= 0.3 is 0 Å². The van der Waals surface area contributed by atoms with E-state index in [1.807, 2.05) is 13.8 Å². The zero-order chi connectivity index (χ0) is 17.0. The van der Waals surface area contributed by atoms with Crippen LogP contribution in [-0.2, 0) is 16.4 Å². The Morgan fingerprint density at radius 2 is 2.17 bits per heavy atom. The second-order valence-corrected chi connectivity index (χ2v) is 9.10. The molecule has 0 unspecified atom stereocenters. The van der Waals surface area contributed by atoms with Crippen LogP contribution in [0.5, 0.6) is 0 Å². The van der Waals surface area contributed by atoms with Gasteiger partial charge in [-0.3, -0.25) is 4.90 Å². The molecule has 1 aromatic heterocycles. The first-order chi connectivity index (χ1) is 10.7. The number of rotatable bonds is 8. The first kappa shape index (κ1) is 18.4. The van der Waals surface area contributed by atoms with Crippen LogP contribution in [0.3, 0.4) is 0 Å². The van der Waals surface area contributed by atoms with Gasteiger partial charge in [0.2, 0.25) is 5.89 Å². The number of hydrogen-bond acceptors (Lipinski definition) is 7. The van der Waals surface area contributed by atoms with Crippen molar-refractivity contribution in [3.8, 4) is 0 Å². The van der Waals surface area contributed by atoms with E-state index in [9.17, 15) is 8.42 Å². The van der Waals surface area contributed by atoms with E-state index in [2.05, 4.69) is 27.0 Å². The fraction of sp³-hybridized carbons (Fsp3) is 0.867. The van der Waals surface area contributed by atoms with E-state index in [1.54, 1.807) is 0 Å². The van der Waals surface area contributed by atoms with E-state index in [0.717, 1.165) is 31.9 Å². The summed E-state index contributed by atoms with van der Waals surface area (Å²) in [5.74, 6) is 1.93. The molecule has 132 valence electrons. The summed E-state index contributed by atoms with van der Waals surface area (Å²) in [6.45, 7) is 7.57. The SMILES string of the molecule is CC(C)c1nc(CN(C)[C@@H]2CCN(CCCS(C)(=O)=O)C2)no1. The van der Waals surface area contributed by atoms with Crippen molar-refractivity contribution in [2.24, 2.45) is 0 Å². The molecule has 0 spiro atoms. The van der Waals surface area contributed by atoms with Crippen molar-refractivity contribution < 1.29 is 12.9 Å². The van der Waals surface area contributed by atoms with Crippen LogP contribution in [0, 0.1) is 0 Å². The molecule has 2 heterocycles. The lowest BCUT2D eigenvalue weighted by Gasteiger charge is -2.23. The molecule has 1 aliphatic heterocycles.